The Morgan fingerprint density at radius 3 is 2.76 bits per heavy atom. The maximum Gasteiger partial charge on any atom is 0.310 e. The fourth-order valence-corrected chi connectivity index (χ4v) is 1.52. The first-order chi connectivity index (χ1) is 7.97. The first kappa shape index (κ1) is 13.8. The van der Waals surface area contributed by atoms with Crippen molar-refractivity contribution in [3.05, 3.63) is 28.3 Å². The minimum atomic E-state index is -2.98. The molecule has 0 saturated heterocycles. The Bertz CT molecular complexity index is 426. The summed E-state index contributed by atoms with van der Waals surface area (Å²) in [5, 5.41) is -0.374. The monoisotopic (exact) mass is 267 g/mol. The van der Waals surface area contributed by atoms with Gasteiger partial charge in [0, 0.05) is 17.3 Å². The molecule has 7 heteroatoms. The van der Waals surface area contributed by atoms with Gasteiger partial charge in [0.05, 0.1) is 18.1 Å². The molecule has 17 heavy (non-hydrogen) atoms. The van der Waals surface area contributed by atoms with Gasteiger partial charge in [-0.15, -0.1) is 0 Å². The molecule has 0 atom stereocenters. The molecule has 0 aliphatic heterocycles. The van der Waals surface area contributed by atoms with Crippen molar-refractivity contribution in [2.24, 2.45) is 0 Å². The van der Waals surface area contributed by atoms with Crippen LogP contribution < -0.4 is 0 Å². The highest BCUT2D eigenvalue weighted by atomic mass is 35.5. The van der Waals surface area contributed by atoms with Gasteiger partial charge in [0.1, 0.15) is 0 Å². The zero-order valence-corrected chi connectivity index (χ0v) is 9.60. The summed E-state index contributed by atoms with van der Waals surface area (Å²) >= 11 is 5.50. The van der Waals surface area contributed by atoms with Crippen LogP contribution in [-0.2, 0) is 16.0 Å². The zero-order valence-electron chi connectivity index (χ0n) is 8.84. The molecule has 1 heterocycles. The molecule has 0 amide bonds. The van der Waals surface area contributed by atoms with Crippen LogP contribution in [-0.4, -0.2) is 17.6 Å². The fraction of sp³-hybridized carbons (Fsp3) is 0.400. The topological polar surface area (TPSA) is 39.2 Å². The largest absolute Gasteiger partial charge is 0.466 e. The van der Waals surface area contributed by atoms with Gasteiger partial charge in [0.2, 0.25) is 5.95 Å². The average Bonchev–Trinajstić information content (AvgIpc) is 2.23. The highest BCUT2D eigenvalue weighted by Crippen LogP contribution is 2.31. The lowest BCUT2D eigenvalue weighted by Gasteiger charge is -2.10. The molecule has 0 radical (unpaired) electrons. The molecule has 1 aromatic rings. The van der Waals surface area contributed by atoms with Crippen molar-refractivity contribution in [2.45, 2.75) is 19.8 Å². The van der Waals surface area contributed by atoms with E-state index in [0.717, 1.165) is 6.20 Å². The highest BCUT2D eigenvalue weighted by molar-refractivity contribution is 6.31. The first-order valence-corrected chi connectivity index (χ1v) is 5.11. The van der Waals surface area contributed by atoms with E-state index >= 15 is 0 Å². The summed E-state index contributed by atoms with van der Waals surface area (Å²) in [7, 11) is 0. The molecule has 1 aromatic heterocycles. The number of hydrogen-bond acceptors (Lipinski definition) is 3. The van der Waals surface area contributed by atoms with E-state index in [4.69, 9.17) is 11.6 Å². The van der Waals surface area contributed by atoms with Crippen molar-refractivity contribution in [2.75, 3.05) is 6.61 Å². The molecule has 0 aliphatic carbocycles. The molecule has 1 rings (SSSR count). The molecule has 3 nitrogen and oxygen atoms in total. The second kappa shape index (κ2) is 5.86. The molecule has 0 saturated carbocycles. The van der Waals surface area contributed by atoms with Crippen molar-refractivity contribution in [3.8, 4) is 0 Å². The number of nitrogens with zero attached hydrogens (tertiary/aromatic N) is 1. The number of esters is 1. The zero-order chi connectivity index (χ0) is 13.0. The molecule has 0 bridgehead atoms. The predicted molar refractivity (Wildman–Crippen MR) is 54.5 cm³/mol. The van der Waals surface area contributed by atoms with E-state index in [1.54, 1.807) is 6.92 Å². The fourth-order valence-electron chi connectivity index (χ4n) is 1.28. The summed E-state index contributed by atoms with van der Waals surface area (Å²) in [5.74, 6) is -1.95. The Kier molecular flexibility index (Phi) is 4.74. The third-order valence-electron chi connectivity index (χ3n) is 1.97. The minimum Gasteiger partial charge on any atom is -0.466 e. The number of halogens is 4. The third-order valence-corrected chi connectivity index (χ3v) is 2.27. The third kappa shape index (κ3) is 3.33. The van der Waals surface area contributed by atoms with Crippen LogP contribution in [0.1, 0.15) is 24.5 Å². The van der Waals surface area contributed by atoms with E-state index in [1.807, 2.05) is 0 Å². The first-order valence-electron chi connectivity index (χ1n) is 4.73. The van der Waals surface area contributed by atoms with Crippen molar-refractivity contribution < 1.29 is 22.7 Å². The van der Waals surface area contributed by atoms with Crippen LogP contribution in [0, 0.1) is 5.95 Å². The summed E-state index contributed by atoms with van der Waals surface area (Å²) in [4.78, 5) is 14.3. The van der Waals surface area contributed by atoms with Gasteiger partial charge >= 0.3 is 5.97 Å². The molecule has 0 spiro atoms. The Hall–Kier alpha value is -1.30. The maximum atomic E-state index is 13.3. The Labute approximate surface area is 101 Å². The molecular weight excluding hydrogens is 259 g/mol. The van der Waals surface area contributed by atoms with Crippen LogP contribution in [0.4, 0.5) is 13.2 Å². The van der Waals surface area contributed by atoms with E-state index in [2.05, 4.69) is 9.72 Å². The molecule has 94 valence electrons. The lowest BCUT2D eigenvalue weighted by Crippen LogP contribution is -2.12. The van der Waals surface area contributed by atoms with E-state index in [0.29, 0.717) is 0 Å². The number of carbonyl (C=O) groups is 1. The van der Waals surface area contributed by atoms with Crippen molar-refractivity contribution in [1.82, 2.24) is 4.98 Å². The summed E-state index contributed by atoms with van der Waals surface area (Å²) in [6.07, 6.45) is -2.82. The summed E-state index contributed by atoms with van der Waals surface area (Å²) in [6.45, 7) is 1.64. The van der Waals surface area contributed by atoms with E-state index in [1.165, 1.54) is 0 Å². The van der Waals surface area contributed by atoms with Gasteiger partial charge in [0.25, 0.3) is 6.43 Å². The van der Waals surface area contributed by atoms with Crippen LogP contribution in [0.5, 0.6) is 0 Å². The normalized spacial score (nSPS) is 10.7. The minimum absolute atomic E-state index is 0.0818. The maximum absolute atomic E-state index is 13.3. The van der Waals surface area contributed by atoms with Crippen LogP contribution in [0.2, 0.25) is 5.02 Å². The summed E-state index contributed by atoms with van der Waals surface area (Å²) < 4.78 is 43.2. The van der Waals surface area contributed by atoms with Crippen LogP contribution in [0.3, 0.4) is 0 Å². The number of pyridine rings is 1. The van der Waals surface area contributed by atoms with E-state index in [-0.39, 0.29) is 11.6 Å². The molecule has 0 unspecified atom stereocenters. The van der Waals surface area contributed by atoms with Gasteiger partial charge in [0.15, 0.2) is 0 Å². The van der Waals surface area contributed by atoms with Crippen molar-refractivity contribution >= 4 is 17.6 Å². The summed E-state index contributed by atoms with van der Waals surface area (Å²) in [5.41, 5.74) is -1.24. The predicted octanol–water partition coefficient (Wildman–Crippen LogP) is 2.92. The van der Waals surface area contributed by atoms with Crippen LogP contribution >= 0.6 is 11.6 Å². The van der Waals surface area contributed by atoms with Crippen molar-refractivity contribution in [1.29, 1.82) is 0 Å². The Morgan fingerprint density at radius 1 is 1.59 bits per heavy atom. The average molecular weight is 268 g/mol. The van der Waals surface area contributed by atoms with Gasteiger partial charge in [-0.3, -0.25) is 4.79 Å². The van der Waals surface area contributed by atoms with E-state index < -0.39 is 35.9 Å². The molecule has 0 aromatic carbocycles. The molecule has 0 N–H and O–H groups in total. The van der Waals surface area contributed by atoms with Gasteiger partial charge in [-0.2, -0.15) is 4.39 Å². The number of rotatable bonds is 4. The van der Waals surface area contributed by atoms with Crippen LogP contribution in [0.15, 0.2) is 6.20 Å². The van der Waals surface area contributed by atoms with Gasteiger partial charge < -0.3 is 4.74 Å². The van der Waals surface area contributed by atoms with Crippen LogP contribution in [0.25, 0.3) is 0 Å². The molecule has 0 aliphatic rings. The standard InChI is InChI=1S/C10H9ClF3NO2/c1-2-17-7(16)3-5-8(9(12)13)6(11)4-15-10(5)14/h4,9H,2-3H2,1H3. The number of carbonyl (C=O) groups excluding carboxylic acids is 1. The van der Waals surface area contributed by atoms with E-state index in [9.17, 15) is 18.0 Å². The second-order valence-electron chi connectivity index (χ2n) is 3.07. The number of alkyl halides is 2. The van der Waals surface area contributed by atoms with Crippen molar-refractivity contribution in [3.63, 3.8) is 0 Å². The highest BCUT2D eigenvalue weighted by Gasteiger charge is 2.23. The smallest absolute Gasteiger partial charge is 0.310 e. The lowest BCUT2D eigenvalue weighted by atomic mass is 10.1. The summed E-state index contributed by atoms with van der Waals surface area (Å²) in [6, 6.07) is 0. The lowest BCUT2D eigenvalue weighted by molar-refractivity contribution is -0.142. The van der Waals surface area contributed by atoms with Gasteiger partial charge in [-0.1, -0.05) is 11.6 Å². The second-order valence-corrected chi connectivity index (χ2v) is 3.48. The van der Waals surface area contributed by atoms with Gasteiger partial charge in [-0.25, -0.2) is 13.8 Å². The number of ether oxygens (including phenoxy) is 1. The SMILES string of the molecule is CCOC(=O)Cc1c(F)ncc(Cl)c1C(F)F. The molecular formula is C10H9ClF3NO2. The number of hydrogen-bond donors (Lipinski definition) is 0. The number of aromatic nitrogens is 1. The Balaban J connectivity index is 3.12. The quantitative estimate of drug-likeness (QED) is 0.622. The molecule has 0 fully saturated rings. The Morgan fingerprint density at radius 2 is 2.24 bits per heavy atom. The van der Waals surface area contributed by atoms with Gasteiger partial charge in [-0.05, 0) is 6.92 Å².